The summed E-state index contributed by atoms with van der Waals surface area (Å²) in [5.41, 5.74) is 1.08. The van der Waals surface area contributed by atoms with Gasteiger partial charge in [-0.2, -0.15) is 0 Å². The summed E-state index contributed by atoms with van der Waals surface area (Å²) in [5, 5.41) is 6.41. The van der Waals surface area contributed by atoms with Crippen LogP contribution in [-0.2, 0) is 0 Å². The summed E-state index contributed by atoms with van der Waals surface area (Å²) >= 11 is 0. The molecule has 2 heterocycles. The van der Waals surface area contributed by atoms with Crippen LogP contribution in [0.5, 0.6) is 5.75 Å². The summed E-state index contributed by atoms with van der Waals surface area (Å²) < 4.78 is 5.18. The van der Waals surface area contributed by atoms with E-state index in [1.807, 2.05) is 29.2 Å². The van der Waals surface area contributed by atoms with Crippen LogP contribution in [0.15, 0.2) is 24.3 Å². The number of nitrogens with one attached hydrogen (secondary N) is 2. The number of urea groups is 1. The highest BCUT2D eigenvalue weighted by Gasteiger charge is 2.39. The Labute approximate surface area is 125 Å². The maximum absolute atomic E-state index is 12.5. The molecule has 21 heavy (non-hydrogen) atoms. The third-order valence-corrected chi connectivity index (χ3v) is 4.60. The molecule has 0 aromatic heterocycles. The zero-order valence-electron chi connectivity index (χ0n) is 12.5. The fourth-order valence-corrected chi connectivity index (χ4v) is 3.43. The molecule has 1 aromatic carbocycles. The summed E-state index contributed by atoms with van der Waals surface area (Å²) in [4.78, 5) is 14.4. The van der Waals surface area contributed by atoms with Gasteiger partial charge in [-0.3, -0.25) is 0 Å². The topological polar surface area (TPSA) is 53.6 Å². The number of benzene rings is 1. The molecule has 5 heteroatoms. The molecule has 1 atom stereocenters. The van der Waals surface area contributed by atoms with Gasteiger partial charge in [-0.05, 0) is 37.9 Å². The summed E-state index contributed by atoms with van der Waals surface area (Å²) in [6, 6.07) is 7.48. The summed E-state index contributed by atoms with van der Waals surface area (Å²) in [6.45, 7) is 3.81. The highest BCUT2D eigenvalue weighted by atomic mass is 16.5. The predicted molar refractivity (Wildman–Crippen MR) is 82.7 cm³/mol. The van der Waals surface area contributed by atoms with Crippen molar-refractivity contribution >= 4 is 11.7 Å². The number of likely N-dealkylation sites (tertiary alicyclic amines) is 1. The van der Waals surface area contributed by atoms with Gasteiger partial charge in [-0.25, -0.2) is 4.79 Å². The maximum Gasteiger partial charge on any atom is 0.321 e. The molecule has 5 nitrogen and oxygen atoms in total. The van der Waals surface area contributed by atoms with Crippen molar-refractivity contribution in [1.29, 1.82) is 0 Å². The number of carbonyl (C=O) groups is 1. The molecule has 3 rings (SSSR count). The summed E-state index contributed by atoms with van der Waals surface area (Å²) in [5.74, 6) is 0.753. The average molecular weight is 289 g/mol. The minimum absolute atomic E-state index is 0.00534. The van der Waals surface area contributed by atoms with E-state index < -0.39 is 0 Å². The van der Waals surface area contributed by atoms with E-state index in [-0.39, 0.29) is 6.03 Å². The molecular formula is C16H23N3O2. The molecule has 2 amide bonds. The van der Waals surface area contributed by atoms with Gasteiger partial charge in [0.05, 0.1) is 7.11 Å². The lowest BCUT2D eigenvalue weighted by atomic mass is 9.79. The van der Waals surface area contributed by atoms with Crippen molar-refractivity contribution in [3.05, 3.63) is 24.3 Å². The van der Waals surface area contributed by atoms with Crippen molar-refractivity contribution in [2.24, 2.45) is 5.41 Å². The number of piperidine rings is 1. The van der Waals surface area contributed by atoms with Crippen LogP contribution in [0.3, 0.4) is 0 Å². The van der Waals surface area contributed by atoms with Crippen molar-refractivity contribution in [2.45, 2.75) is 19.3 Å². The number of methoxy groups -OCH3 is 1. The zero-order chi connectivity index (χ0) is 14.7. The molecule has 2 aliphatic heterocycles. The van der Waals surface area contributed by atoms with Gasteiger partial charge in [0.25, 0.3) is 0 Å². The molecule has 0 saturated carbocycles. The van der Waals surface area contributed by atoms with Gasteiger partial charge >= 0.3 is 6.03 Å². The van der Waals surface area contributed by atoms with Crippen LogP contribution < -0.4 is 15.4 Å². The standard InChI is InChI=1S/C16H23N3O2/c1-21-14-5-2-4-13(10-14)18-15(20)19-9-3-6-16(12-19)7-8-17-11-16/h2,4-5,10,17H,3,6-9,11-12H2,1H3,(H,18,20). The Morgan fingerprint density at radius 2 is 2.33 bits per heavy atom. The molecule has 2 N–H and O–H groups in total. The number of rotatable bonds is 2. The Kier molecular flexibility index (Phi) is 4.01. The van der Waals surface area contributed by atoms with Crippen molar-refractivity contribution in [1.82, 2.24) is 10.2 Å². The van der Waals surface area contributed by atoms with Gasteiger partial charge in [0, 0.05) is 36.8 Å². The van der Waals surface area contributed by atoms with E-state index in [0.29, 0.717) is 5.41 Å². The van der Waals surface area contributed by atoms with Crippen molar-refractivity contribution in [3.63, 3.8) is 0 Å². The first-order valence-electron chi connectivity index (χ1n) is 7.62. The Balaban J connectivity index is 1.64. The Bertz CT molecular complexity index is 512. The van der Waals surface area contributed by atoms with Gasteiger partial charge in [0.2, 0.25) is 0 Å². The van der Waals surface area contributed by atoms with Crippen LogP contribution in [0, 0.1) is 5.41 Å². The smallest absolute Gasteiger partial charge is 0.321 e. The van der Waals surface area contributed by atoms with Crippen LogP contribution in [0.25, 0.3) is 0 Å². The van der Waals surface area contributed by atoms with E-state index in [4.69, 9.17) is 4.74 Å². The molecule has 0 aliphatic carbocycles. The zero-order valence-corrected chi connectivity index (χ0v) is 12.5. The van der Waals surface area contributed by atoms with E-state index in [9.17, 15) is 4.79 Å². The van der Waals surface area contributed by atoms with Gasteiger partial charge in [0.15, 0.2) is 0 Å². The van der Waals surface area contributed by atoms with E-state index in [0.717, 1.165) is 44.0 Å². The average Bonchev–Trinajstić information content (AvgIpc) is 2.95. The number of nitrogens with zero attached hydrogens (tertiary/aromatic N) is 1. The second kappa shape index (κ2) is 5.93. The molecule has 1 unspecified atom stereocenters. The van der Waals surface area contributed by atoms with Crippen LogP contribution in [0.4, 0.5) is 10.5 Å². The first-order valence-corrected chi connectivity index (χ1v) is 7.62. The van der Waals surface area contributed by atoms with Gasteiger partial charge in [-0.15, -0.1) is 0 Å². The van der Waals surface area contributed by atoms with Gasteiger partial charge in [0.1, 0.15) is 5.75 Å². The third-order valence-electron chi connectivity index (χ3n) is 4.60. The largest absolute Gasteiger partial charge is 0.497 e. The molecule has 114 valence electrons. The normalized spacial score (nSPS) is 25.1. The molecule has 1 spiro atoms. The first kappa shape index (κ1) is 14.2. The summed E-state index contributed by atoms with van der Waals surface area (Å²) in [7, 11) is 1.63. The van der Waals surface area contributed by atoms with Gasteiger partial charge < -0.3 is 20.3 Å². The van der Waals surface area contributed by atoms with Crippen molar-refractivity contribution < 1.29 is 9.53 Å². The highest BCUT2D eigenvalue weighted by molar-refractivity contribution is 5.89. The van der Waals surface area contributed by atoms with Crippen molar-refractivity contribution in [3.8, 4) is 5.75 Å². The SMILES string of the molecule is COc1cccc(NC(=O)N2CCCC3(CCNC3)C2)c1. The molecule has 0 radical (unpaired) electrons. The Morgan fingerprint density at radius 1 is 1.43 bits per heavy atom. The van der Waals surface area contributed by atoms with Gasteiger partial charge in [-0.1, -0.05) is 6.07 Å². The third kappa shape index (κ3) is 3.13. The number of carbonyl (C=O) groups excluding carboxylic acids is 1. The fraction of sp³-hybridized carbons (Fsp3) is 0.562. The fourth-order valence-electron chi connectivity index (χ4n) is 3.43. The molecular weight excluding hydrogens is 266 g/mol. The summed E-state index contributed by atoms with van der Waals surface area (Å²) in [6.07, 6.45) is 3.49. The number of anilines is 1. The first-order chi connectivity index (χ1) is 10.2. The minimum atomic E-state index is -0.00534. The lowest BCUT2D eigenvalue weighted by molar-refractivity contribution is 0.125. The molecule has 0 bridgehead atoms. The van der Waals surface area contributed by atoms with Crippen LogP contribution in [-0.4, -0.2) is 44.2 Å². The monoisotopic (exact) mass is 289 g/mol. The number of hydrogen-bond donors (Lipinski definition) is 2. The Morgan fingerprint density at radius 3 is 3.10 bits per heavy atom. The maximum atomic E-state index is 12.5. The predicted octanol–water partition coefficient (Wildman–Crippen LogP) is 2.30. The van der Waals surface area contributed by atoms with E-state index in [2.05, 4.69) is 10.6 Å². The van der Waals surface area contributed by atoms with E-state index in [1.54, 1.807) is 7.11 Å². The number of amides is 2. The highest BCUT2D eigenvalue weighted by Crippen LogP contribution is 2.35. The minimum Gasteiger partial charge on any atom is -0.497 e. The van der Waals surface area contributed by atoms with E-state index in [1.165, 1.54) is 12.8 Å². The second-order valence-corrected chi connectivity index (χ2v) is 6.11. The lowest BCUT2D eigenvalue weighted by Gasteiger charge is -2.39. The quantitative estimate of drug-likeness (QED) is 0.878. The van der Waals surface area contributed by atoms with Crippen LogP contribution in [0.1, 0.15) is 19.3 Å². The number of hydrogen-bond acceptors (Lipinski definition) is 3. The van der Waals surface area contributed by atoms with Crippen LogP contribution in [0.2, 0.25) is 0 Å². The number of ether oxygens (including phenoxy) is 1. The molecule has 2 aliphatic rings. The second-order valence-electron chi connectivity index (χ2n) is 6.11. The lowest BCUT2D eigenvalue weighted by Crippen LogP contribution is -2.48. The van der Waals surface area contributed by atoms with E-state index >= 15 is 0 Å². The van der Waals surface area contributed by atoms with Crippen molar-refractivity contribution in [2.75, 3.05) is 38.6 Å². The molecule has 2 saturated heterocycles. The Hall–Kier alpha value is -1.75. The molecule has 1 aromatic rings. The molecule has 2 fully saturated rings. The van der Waals surface area contributed by atoms with Crippen LogP contribution >= 0.6 is 0 Å².